The van der Waals surface area contributed by atoms with Crippen LogP contribution in [0.15, 0.2) is 146 Å². The van der Waals surface area contributed by atoms with Crippen LogP contribution in [0.25, 0.3) is 0 Å². The summed E-state index contributed by atoms with van der Waals surface area (Å²) in [6, 6.07) is 38.7. The van der Waals surface area contributed by atoms with Crippen molar-refractivity contribution < 1.29 is 115 Å². The molecule has 0 aliphatic carbocycles. The van der Waals surface area contributed by atoms with Crippen LogP contribution in [0.1, 0.15) is 109 Å². The van der Waals surface area contributed by atoms with Gasteiger partial charge in [0.1, 0.15) is 41.0 Å². The van der Waals surface area contributed by atoms with Crippen LogP contribution < -0.4 is 77.8 Å². The number of nitrogens with two attached hydrogens (primary N) is 2. The Kier molecular flexibility index (Phi) is 59.9. The van der Waals surface area contributed by atoms with E-state index in [2.05, 4.69) is 217 Å². The molecule has 0 unspecified atom stereocenters. The van der Waals surface area contributed by atoms with Gasteiger partial charge in [-0.3, -0.25) is 9.59 Å². The number of carbonyl (C=O) groups excluding carboxylic acids is 5. The van der Waals surface area contributed by atoms with Crippen molar-refractivity contribution in [2.45, 2.75) is 103 Å². The number of amides is 2. The van der Waals surface area contributed by atoms with Gasteiger partial charge in [-0.1, -0.05) is 98.4 Å². The van der Waals surface area contributed by atoms with Crippen LogP contribution in [0.2, 0.25) is 0 Å². The van der Waals surface area contributed by atoms with Gasteiger partial charge in [0.05, 0.1) is 80.3 Å². The Morgan fingerprint density at radius 2 is 0.746 bits per heavy atom. The summed E-state index contributed by atoms with van der Waals surface area (Å²) in [6.45, 7) is 9.43. The largest absolute Gasteiger partial charge is 1.00 e. The number of carbonyl (C=O) groups is 5. The molecule has 3 aliphatic rings. The number of anilines is 3. The van der Waals surface area contributed by atoms with Gasteiger partial charge < -0.3 is 75.2 Å². The summed E-state index contributed by atoms with van der Waals surface area (Å²) in [5.74, 6) is 1.62. The van der Waals surface area contributed by atoms with Gasteiger partial charge in [-0.25, -0.2) is 29.9 Å². The molecular formula is C84H94B2F9I15LiN14O9-. The Hall–Kier alpha value is 0.197. The Bertz CT molecular complexity index is 5210. The average molecular weight is 3550 g/mol. The molecule has 0 spiro atoms. The van der Waals surface area contributed by atoms with Gasteiger partial charge in [-0.2, -0.15) is 39.5 Å². The number of methoxy groups -OCH3 is 3. The first-order valence-electron chi connectivity index (χ1n) is 39.6. The number of halogens is 24. The Morgan fingerprint density at radius 3 is 1.00 bits per heavy atom. The summed E-state index contributed by atoms with van der Waals surface area (Å²) < 4.78 is 141. The Morgan fingerprint density at radius 1 is 0.448 bits per heavy atom. The van der Waals surface area contributed by atoms with E-state index in [0.717, 1.165) is 172 Å². The zero-order valence-electron chi connectivity index (χ0n) is 71.6. The molecule has 134 heavy (non-hydrogen) atoms. The zero-order valence-corrected chi connectivity index (χ0v) is 104. The first kappa shape index (κ1) is 125. The first-order chi connectivity index (χ1) is 62.5. The second-order valence-corrected chi connectivity index (χ2v) is 289. The summed E-state index contributed by atoms with van der Waals surface area (Å²) in [7, 11) is 6.32. The fourth-order valence-electron chi connectivity index (χ4n) is 14.2. The van der Waals surface area contributed by atoms with E-state index in [1.54, 1.807) is 103 Å². The molecule has 3 saturated heterocycles. The minimum atomic E-state index is -4.60. The van der Waals surface area contributed by atoms with Crippen LogP contribution in [0.4, 0.5) is 56.6 Å². The summed E-state index contributed by atoms with van der Waals surface area (Å²) in [5, 5.41) is 3.32. The summed E-state index contributed by atoms with van der Waals surface area (Å²) >= 11 is 25.1. The van der Waals surface area contributed by atoms with E-state index in [0.29, 0.717) is 48.1 Å². The molecule has 6 aromatic carbocycles. The minimum Gasteiger partial charge on any atom is -0.870 e. The van der Waals surface area contributed by atoms with Gasteiger partial charge in [0.15, 0.2) is 0 Å². The molecule has 6 heterocycles. The van der Waals surface area contributed by atoms with Crippen LogP contribution in [-0.4, -0.2) is 190 Å². The van der Waals surface area contributed by atoms with Crippen molar-refractivity contribution >= 4 is 269 Å². The van der Waals surface area contributed by atoms with Crippen molar-refractivity contribution in [1.82, 2.24) is 44.8 Å². The van der Waals surface area contributed by atoms with Gasteiger partial charge in [-0.05, 0) is 90.1 Å². The molecule has 0 saturated carbocycles. The normalized spacial score (nSPS) is 13.9. The van der Waals surface area contributed by atoms with Crippen molar-refractivity contribution in [1.29, 1.82) is 0 Å². The zero-order chi connectivity index (χ0) is 95.5. The van der Waals surface area contributed by atoms with Crippen LogP contribution in [0, 0.1) is 0 Å². The van der Waals surface area contributed by atoms with Crippen molar-refractivity contribution in [2.24, 2.45) is 11.5 Å². The van der Waals surface area contributed by atoms with Crippen LogP contribution in [0.5, 0.6) is 17.2 Å². The minimum absolute atomic E-state index is 0. The number of aldehydes is 1. The van der Waals surface area contributed by atoms with Crippen LogP contribution in [0.3, 0.4) is 0 Å². The molecule has 0 bridgehead atoms. The predicted octanol–water partition coefficient (Wildman–Crippen LogP) is 16.6. The molecule has 50 heteroatoms. The number of benzene rings is 6. The second-order valence-electron chi connectivity index (χ2n) is 28.6. The molecule has 2 radical (unpaired) electrons. The molecule has 2 amide bonds. The number of primary amides is 2. The topological polar surface area (TPSA) is 301 Å². The van der Waals surface area contributed by atoms with Gasteiger partial charge in [-0.15, -0.1) is 0 Å². The average Bonchev–Trinajstić information content (AvgIpc) is 0.807. The third kappa shape index (κ3) is 41.8. The van der Waals surface area contributed by atoms with Crippen molar-refractivity contribution in [3.8, 4) is 17.2 Å². The number of rotatable bonds is 35. The molecule has 6 N–H and O–H groups in total. The molecule has 730 valence electrons. The predicted molar refractivity (Wildman–Crippen MR) is 628 cm³/mol. The molecule has 3 aliphatic heterocycles. The molecule has 3 aromatic heterocycles. The number of nitrogens with zero attached hydrogens (tertiary/aromatic N) is 11. The fourth-order valence-corrected chi connectivity index (χ4v) is 643. The van der Waals surface area contributed by atoms with E-state index in [9.17, 15) is 63.5 Å². The number of hydrogen-bond acceptors (Lipinski definition) is 21. The number of alkyl halides is 9. The number of aromatic nitrogens is 6. The monoisotopic (exact) mass is 3550 g/mol. The van der Waals surface area contributed by atoms with E-state index in [-0.39, 0.29) is 176 Å². The molecule has 0 atom stereocenters. The van der Waals surface area contributed by atoms with Crippen molar-refractivity contribution in [3.05, 3.63) is 247 Å². The van der Waals surface area contributed by atoms with Crippen molar-refractivity contribution in [3.63, 3.8) is 0 Å². The van der Waals surface area contributed by atoms with Crippen molar-refractivity contribution in [2.75, 3.05) is 115 Å². The number of ether oxygens (including phenoxy) is 3. The fraction of sp³-hybridized carbons (Fsp3) is 0.369. The van der Waals surface area contributed by atoms with Crippen LogP contribution in [-0.2, 0) is 120 Å². The Labute approximate surface area is 907 Å². The van der Waals surface area contributed by atoms with E-state index in [1.807, 2.05) is 70.3 Å². The summed E-state index contributed by atoms with van der Waals surface area (Å²) in [5.41, 5.74) is 17.6. The second kappa shape index (κ2) is 64.3. The molecule has 23 nitrogen and oxygen atoms in total. The van der Waals surface area contributed by atoms with Gasteiger partial charge in [0.2, 0.25) is 11.8 Å². The summed E-state index contributed by atoms with van der Waals surface area (Å²) in [6.07, 6.45) is -7.00. The standard InChI is InChI=1S/C28H30BF3N5O3.C28H29BF3N4O3.C27H30F3N5O2.CH4.I8.I7.Li.H2O/c1-40-25-16-22(36-10-12-37(13-11-36)29-18-38)8-6-21(25)15-27-34-17-23(28(30,31)32)24(35-27)9-7-19-4-2-3-5-20(19)14-26(33)39;1-39-26-17-23(35-11-13-36(14-12-35)29-19-38)8-6-22(26)16-27-33-18-24(28(30,31)32)25(34-27)9-7-20-4-2-3-5-21(20)10-15-37;1-37-24-16-21(35-12-10-32-11-13-35)8-6-20(24)15-26-33-17-22(27(28,29)30)23(34-26)9-7-18-4-2-3-5-19(18)14-25(31)36;;1-6(2)8(5)7(3)4;1-5-7(4)6(2)3;;/h2-6,8,16-18H,7,9-15H2,1H3,(H2,33,39);2-6,8,15,17-19H,7,9-14,16H2,1H3;2-6,8,16-17,32H,7,9-15H2,1H3,(H2,31,36);1H4;;;;1H2/q;;;;;-1;+1;/p-1. The maximum Gasteiger partial charge on any atom is 1.00 e. The number of aryl methyl sites for hydroxylation is 6. The quantitative estimate of drug-likeness (QED) is 0.0144. The third-order valence-electron chi connectivity index (χ3n) is 20.5. The van der Waals surface area contributed by atoms with E-state index < -0.39 is 47.0 Å². The van der Waals surface area contributed by atoms with Crippen LogP contribution >= 0.6 is 207 Å². The number of piperazine rings is 3. The molecular weight excluding hydrogens is 3450 g/mol. The van der Waals surface area contributed by atoms with Gasteiger partial charge in [0, 0.05) is 175 Å². The maximum absolute atomic E-state index is 13.8. The van der Waals surface area contributed by atoms with Gasteiger partial charge in [0.25, 0.3) is 14.8 Å². The maximum atomic E-state index is 13.8. The SMILES string of the molecule is C.COc1cc(N2CCN([B]C=O)CC2)ccc1Cc1ncc(C(F)(F)F)c(CCc2ccccc2CC(N)=O)n1.COc1cc(N2CCN([B]C=O)CC2)ccc1Cc1ncc(C(F)(F)F)c(CCc2ccccc2CC=O)n1.COc1cc(N2CCNCC2)ccc1Cc1ncc(C(F)(F)F)c(CCc2ccccc2CC(N)=O)n1.II(I)I(I)I(I)I.I[I-]I(I)I(I)I.[Li+].[OH-]. The van der Waals surface area contributed by atoms with E-state index in [4.69, 9.17) is 25.7 Å². The molecule has 3 fully saturated rings. The Balaban J connectivity index is 0.000000325. The number of hydrogen-bond donors (Lipinski definition) is 3. The smallest absolute Gasteiger partial charge is 0.870 e. The van der Waals surface area contributed by atoms with E-state index in [1.165, 1.54) is 0 Å². The van der Waals surface area contributed by atoms with Gasteiger partial charge >= 0.3 is 258 Å². The third-order valence-corrected chi connectivity index (χ3v) is 599. The number of nitrogens with one attached hydrogen (secondary N) is 1. The first-order valence-corrected chi connectivity index (χ1v) is 121. The van der Waals surface area contributed by atoms with E-state index >= 15 is 0 Å². The molecule has 9 aromatic rings. The molecule has 12 rings (SSSR count). The summed E-state index contributed by atoms with van der Waals surface area (Å²) in [4.78, 5) is 90.9.